The van der Waals surface area contributed by atoms with E-state index in [1.54, 1.807) is 30.2 Å². The summed E-state index contributed by atoms with van der Waals surface area (Å²) in [5.41, 5.74) is 1.87. The maximum Gasteiger partial charge on any atom is 0.260 e. The Bertz CT molecular complexity index is 588. The Morgan fingerprint density at radius 1 is 1.63 bits per heavy atom. The fraction of sp³-hybridized carbons (Fsp3) is 0.417. The summed E-state index contributed by atoms with van der Waals surface area (Å²) in [5, 5.41) is 18.5. The first-order valence-electron chi connectivity index (χ1n) is 5.98. The number of aliphatic hydroxyl groups is 1. The van der Waals surface area contributed by atoms with E-state index in [2.05, 4.69) is 15.4 Å². The summed E-state index contributed by atoms with van der Waals surface area (Å²) in [6.07, 6.45) is 1.75. The van der Waals surface area contributed by atoms with Crippen LogP contribution in [0.15, 0.2) is 11.6 Å². The Labute approximate surface area is 115 Å². The van der Waals surface area contributed by atoms with Gasteiger partial charge in [-0.05, 0) is 13.3 Å². The number of aliphatic hydroxyl groups excluding tert-OH is 1. The van der Waals surface area contributed by atoms with Crippen molar-refractivity contribution in [1.29, 1.82) is 0 Å². The molecule has 0 fully saturated rings. The quantitative estimate of drug-likeness (QED) is 0.894. The van der Waals surface area contributed by atoms with Crippen LogP contribution in [0.5, 0.6) is 0 Å². The maximum atomic E-state index is 12.1. The average Bonchev–Trinajstić information content (AvgIpc) is 2.95. The number of rotatable bonds is 4. The van der Waals surface area contributed by atoms with E-state index in [0.717, 1.165) is 5.69 Å². The highest BCUT2D eigenvalue weighted by Crippen LogP contribution is 2.21. The number of nitrogens with one attached hydrogen (secondary N) is 1. The Kier molecular flexibility index (Phi) is 3.96. The van der Waals surface area contributed by atoms with Crippen molar-refractivity contribution in [1.82, 2.24) is 14.8 Å². The van der Waals surface area contributed by atoms with E-state index < -0.39 is 6.10 Å². The third-order valence-electron chi connectivity index (χ3n) is 2.66. The average molecular weight is 280 g/mol. The van der Waals surface area contributed by atoms with Crippen molar-refractivity contribution >= 4 is 22.4 Å². The molecule has 0 saturated carbocycles. The van der Waals surface area contributed by atoms with Crippen LogP contribution in [0, 0.1) is 0 Å². The van der Waals surface area contributed by atoms with Crippen LogP contribution in [-0.4, -0.2) is 25.8 Å². The molecule has 0 aliphatic heterocycles. The Morgan fingerprint density at radius 2 is 2.37 bits per heavy atom. The summed E-state index contributed by atoms with van der Waals surface area (Å²) in [7, 11) is 1.78. The third kappa shape index (κ3) is 2.99. The molecule has 102 valence electrons. The molecule has 2 heterocycles. The predicted octanol–water partition coefficient (Wildman–Crippen LogP) is 1.74. The van der Waals surface area contributed by atoms with Gasteiger partial charge in [0, 0.05) is 18.6 Å². The molecule has 0 spiro atoms. The zero-order chi connectivity index (χ0) is 14.0. The lowest BCUT2D eigenvalue weighted by Crippen LogP contribution is -2.13. The largest absolute Gasteiger partial charge is 0.387 e. The second-order valence-electron chi connectivity index (χ2n) is 4.22. The third-order valence-corrected chi connectivity index (χ3v) is 3.43. The lowest BCUT2D eigenvalue weighted by Gasteiger charge is -2.01. The molecule has 1 atom stereocenters. The van der Waals surface area contributed by atoms with E-state index in [4.69, 9.17) is 0 Å². The number of aryl methyl sites for hydroxylation is 2. The molecule has 2 rings (SSSR count). The van der Waals surface area contributed by atoms with Gasteiger partial charge in [0.15, 0.2) is 5.13 Å². The molecule has 7 heteroatoms. The van der Waals surface area contributed by atoms with Crippen LogP contribution in [0.4, 0.5) is 5.13 Å². The molecule has 0 aliphatic rings. The molecule has 6 nitrogen and oxygen atoms in total. The topological polar surface area (TPSA) is 80.0 Å². The van der Waals surface area contributed by atoms with Crippen molar-refractivity contribution < 1.29 is 9.90 Å². The van der Waals surface area contributed by atoms with Gasteiger partial charge in [0.25, 0.3) is 5.91 Å². The number of amides is 1. The summed E-state index contributed by atoms with van der Waals surface area (Å²) < 4.78 is 1.62. The molecule has 0 radical (unpaired) electrons. The van der Waals surface area contributed by atoms with Crippen LogP contribution in [0.1, 0.15) is 41.7 Å². The van der Waals surface area contributed by atoms with E-state index in [9.17, 15) is 9.90 Å². The van der Waals surface area contributed by atoms with Gasteiger partial charge in [-0.15, -0.1) is 11.3 Å². The van der Waals surface area contributed by atoms with E-state index in [-0.39, 0.29) is 5.91 Å². The van der Waals surface area contributed by atoms with Crippen molar-refractivity contribution in [3.8, 4) is 0 Å². The van der Waals surface area contributed by atoms with Crippen molar-refractivity contribution in [3.05, 3.63) is 28.5 Å². The number of nitrogens with zero attached hydrogens (tertiary/aromatic N) is 3. The summed E-state index contributed by atoms with van der Waals surface area (Å²) in [6, 6.07) is 0. The van der Waals surface area contributed by atoms with Crippen LogP contribution < -0.4 is 5.32 Å². The highest BCUT2D eigenvalue weighted by Gasteiger charge is 2.16. The van der Waals surface area contributed by atoms with Gasteiger partial charge in [0.2, 0.25) is 0 Å². The lowest BCUT2D eigenvalue weighted by atomic mass is 10.2. The molecule has 2 aromatic rings. The highest BCUT2D eigenvalue weighted by atomic mass is 32.1. The van der Waals surface area contributed by atoms with Gasteiger partial charge in [-0.2, -0.15) is 5.10 Å². The smallest absolute Gasteiger partial charge is 0.260 e. The molecule has 0 aromatic carbocycles. The molecule has 2 aromatic heterocycles. The minimum Gasteiger partial charge on any atom is -0.387 e. The van der Waals surface area contributed by atoms with Crippen molar-refractivity contribution in [2.24, 2.45) is 7.05 Å². The number of carbonyl (C=O) groups excluding carboxylic acids is 1. The summed E-state index contributed by atoms with van der Waals surface area (Å²) >= 11 is 1.29. The Balaban J connectivity index is 2.15. The zero-order valence-corrected chi connectivity index (χ0v) is 11.9. The Morgan fingerprint density at radius 3 is 2.95 bits per heavy atom. The number of aromatic nitrogens is 3. The number of hydrogen-bond donors (Lipinski definition) is 2. The first-order valence-corrected chi connectivity index (χ1v) is 6.86. The summed E-state index contributed by atoms with van der Waals surface area (Å²) in [6.45, 7) is 3.59. The molecule has 1 unspecified atom stereocenters. The number of anilines is 1. The fourth-order valence-corrected chi connectivity index (χ4v) is 2.48. The van der Waals surface area contributed by atoms with E-state index in [1.165, 1.54) is 11.3 Å². The van der Waals surface area contributed by atoms with Gasteiger partial charge >= 0.3 is 0 Å². The molecule has 1 amide bonds. The predicted molar refractivity (Wildman–Crippen MR) is 73.3 cm³/mol. The molecule has 0 aliphatic carbocycles. The number of thiazole rings is 1. The van der Waals surface area contributed by atoms with Gasteiger partial charge in [0.05, 0.1) is 23.1 Å². The van der Waals surface area contributed by atoms with Gasteiger partial charge in [-0.1, -0.05) is 6.92 Å². The SMILES string of the molecule is CCc1nn(C)cc1C(=O)Nc1nc(C(C)O)cs1. The van der Waals surface area contributed by atoms with Gasteiger partial charge < -0.3 is 5.11 Å². The molecular weight excluding hydrogens is 264 g/mol. The normalized spacial score (nSPS) is 12.4. The minimum absolute atomic E-state index is 0.226. The van der Waals surface area contributed by atoms with Crippen LogP contribution in [0.2, 0.25) is 0 Å². The molecule has 19 heavy (non-hydrogen) atoms. The zero-order valence-electron chi connectivity index (χ0n) is 11.0. The maximum absolute atomic E-state index is 12.1. The van der Waals surface area contributed by atoms with Gasteiger partial charge in [-0.25, -0.2) is 4.98 Å². The van der Waals surface area contributed by atoms with Gasteiger partial charge in [0.1, 0.15) is 0 Å². The van der Waals surface area contributed by atoms with E-state index in [1.807, 2.05) is 6.92 Å². The molecule has 0 saturated heterocycles. The second-order valence-corrected chi connectivity index (χ2v) is 5.08. The second kappa shape index (κ2) is 5.50. The summed E-state index contributed by atoms with van der Waals surface area (Å²) in [5.74, 6) is -0.226. The first-order chi connectivity index (χ1) is 9.01. The van der Waals surface area contributed by atoms with E-state index >= 15 is 0 Å². The minimum atomic E-state index is -0.633. The van der Waals surface area contributed by atoms with Crippen LogP contribution in [0.3, 0.4) is 0 Å². The van der Waals surface area contributed by atoms with Crippen LogP contribution in [0.25, 0.3) is 0 Å². The van der Waals surface area contributed by atoms with Crippen molar-refractivity contribution in [3.63, 3.8) is 0 Å². The van der Waals surface area contributed by atoms with Gasteiger partial charge in [-0.3, -0.25) is 14.8 Å². The lowest BCUT2D eigenvalue weighted by molar-refractivity contribution is 0.102. The van der Waals surface area contributed by atoms with Crippen molar-refractivity contribution in [2.45, 2.75) is 26.4 Å². The molecule has 0 bridgehead atoms. The fourth-order valence-electron chi connectivity index (χ4n) is 1.69. The van der Waals surface area contributed by atoms with Crippen LogP contribution in [-0.2, 0) is 13.5 Å². The monoisotopic (exact) mass is 280 g/mol. The number of hydrogen-bond acceptors (Lipinski definition) is 5. The van der Waals surface area contributed by atoms with E-state index in [0.29, 0.717) is 22.8 Å². The Hall–Kier alpha value is -1.73. The number of carbonyl (C=O) groups is 1. The summed E-state index contributed by atoms with van der Waals surface area (Å²) in [4.78, 5) is 16.3. The molecular formula is C12H16N4O2S. The molecule has 2 N–H and O–H groups in total. The standard InChI is InChI=1S/C12H16N4O2S/c1-4-9-8(5-16(3)15-9)11(18)14-12-13-10(6-19-12)7(2)17/h5-7,17H,4H2,1-3H3,(H,13,14,18). The van der Waals surface area contributed by atoms with Crippen molar-refractivity contribution in [2.75, 3.05) is 5.32 Å². The first kappa shape index (κ1) is 13.7. The van der Waals surface area contributed by atoms with Crippen LogP contribution >= 0.6 is 11.3 Å². The highest BCUT2D eigenvalue weighted by molar-refractivity contribution is 7.14.